The normalized spacial score (nSPS) is 25.5. The third-order valence-electron chi connectivity index (χ3n) is 3.12. The maximum absolute atomic E-state index is 12.0. The van der Waals surface area contributed by atoms with Crippen LogP contribution in [0.2, 0.25) is 0 Å². The summed E-state index contributed by atoms with van der Waals surface area (Å²) in [6.07, 6.45) is 0. The molecule has 16 heavy (non-hydrogen) atoms. The summed E-state index contributed by atoms with van der Waals surface area (Å²) in [5.74, 6) is 0.266. The molecule has 1 aliphatic rings. The van der Waals surface area contributed by atoms with Crippen molar-refractivity contribution in [2.24, 2.45) is 0 Å². The van der Waals surface area contributed by atoms with Gasteiger partial charge in [0.25, 0.3) is 0 Å². The van der Waals surface area contributed by atoms with Gasteiger partial charge in [0.15, 0.2) is 9.84 Å². The first-order valence-corrected chi connectivity index (χ1v) is 7.17. The lowest BCUT2D eigenvalue weighted by molar-refractivity contribution is 0.333. The summed E-state index contributed by atoms with van der Waals surface area (Å²) < 4.78 is 24.0. The Morgan fingerprint density at radius 2 is 1.88 bits per heavy atom. The van der Waals surface area contributed by atoms with Crippen LogP contribution in [0.15, 0.2) is 24.3 Å². The van der Waals surface area contributed by atoms with E-state index in [1.807, 2.05) is 38.2 Å². The number of nitrogens with zero attached hydrogens (tertiary/aromatic N) is 1. The third kappa shape index (κ3) is 2.28. The van der Waals surface area contributed by atoms with Crippen molar-refractivity contribution in [1.82, 2.24) is 4.90 Å². The molecule has 0 bridgehead atoms. The Kier molecular flexibility index (Phi) is 3.04. The molecule has 0 aromatic heterocycles. The molecule has 1 unspecified atom stereocenters. The van der Waals surface area contributed by atoms with Gasteiger partial charge in [0, 0.05) is 13.1 Å². The molecular weight excluding hydrogens is 222 g/mol. The van der Waals surface area contributed by atoms with E-state index in [0.717, 1.165) is 11.1 Å². The van der Waals surface area contributed by atoms with E-state index >= 15 is 0 Å². The summed E-state index contributed by atoms with van der Waals surface area (Å²) in [5.41, 5.74) is 2.07. The number of hydrogen-bond donors (Lipinski definition) is 0. The zero-order chi connectivity index (χ0) is 11.8. The van der Waals surface area contributed by atoms with Crippen LogP contribution < -0.4 is 0 Å². The van der Waals surface area contributed by atoms with Gasteiger partial charge in [0.05, 0.1) is 11.0 Å². The molecule has 1 aromatic carbocycles. The Labute approximate surface area is 97.0 Å². The molecule has 1 atom stereocenters. The van der Waals surface area contributed by atoms with Crippen molar-refractivity contribution in [3.05, 3.63) is 35.4 Å². The predicted octanol–water partition coefficient (Wildman–Crippen LogP) is 1.40. The lowest BCUT2D eigenvalue weighted by atomic mass is 10.1. The summed E-state index contributed by atoms with van der Waals surface area (Å²) in [6.45, 7) is 3.25. The van der Waals surface area contributed by atoms with Crippen molar-refractivity contribution in [1.29, 1.82) is 0 Å². The molecule has 2 rings (SSSR count). The summed E-state index contributed by atoms with van der Waals surface area (Å²) in [6, 6.07) is 7.80. The molecule has 1 saturated heterocycles. The highest BCUT2D eigenvalue weighted by Crippen LogP contribution is 2.27. The maximum atomic E-state index is 12.0. The van der Waals surface area contributed by atoms with E-state index in [4.69, 9.17) is 0 Å². The molecule has 4 heteroatoms. The van der Waals surface area contributed by atoms with E-state index < -0.39 is 9.84 Å². The van der Waals surface area contributed by atoms with E-state index in [1.54, 1.807) is 0 Å². The second-order valence-corrected chi connectivity index (χ2v) is 6.83. The third-order valence-corrected chi connectivity index (χ3v) is 5.16. The minimum absolute atomic E-state index is 0.266. The highest BCUT2D eigenvalue weighted by atomic mass is 32.2. The molecule has 0 spiro atoms. The van der Waals surface area contributed by atoms with E-state index in [0.29, 0.717) is 13.1 Å². The Morgan fingerprint density at radius 1 is 1.25 bits per heavy atom. The number of likely N-dealkylation sites (N-methyl/N-ethyl adjacent to an activating group) is 1. The van der Waals surface area contributed by atoms with Crippen molar-refractivity contribution in [2.45, 2.75) is 12.2 Å². The van der Waals surface area contributed by atoms with E-state index in [-0.39, 0.29) is 11.0 Å². The number of rotatable bonds is 1. The van der Waals surface area contributed by atoms with Gasteiger partial charge in [-0.25, -0.2) is 8.42 Å². The van der Waals surface area contributed by atoms with Crippen LogP contribution in [0.5, 0.6) is 0 Å². The van der Waals surface area contributed by atoms with Gasteiger partial charge >= 0.3 is 0 Å². The van der Waals surface area contributed by atoms with Crippen LogP contribution in [-0.2, 0) is 9.84 Å². The molecule has 1 aromatic rings. The lowest BCUT2D eigenvalue weighted by Crippen LogP contribution is -2.40. The predicted molar refractivity (Wildman–Crippen MR) is 65.2 cm³/mol. The molecule has 0 saturated carbocycles. The Bertz CT molecular complexity index is 464. The smallest absolute Gasteiger partial charge is 0.159 e. The monoisotopic (exact) mass is 239 g/mol. The van der Waals surface area contributed by atoms with Crippen LogP contribution in [0.4, 0.5) is 0 Å². The van der Waals surface area contributed by atoms with Crippen LogP contribution in [0.1, 0.15) is 16.4 Å². The molecular formula is C12H17NO2S. The minimum Gasteiger partial charge on any atom is -0.304 e. The molecule has 0 aliphatic carbocycles. The zero-order valence-corrected chi connectivity index (χ0v) is 10.5. The van der Waals surface area contributed by atoms with Gasteiger partial charge in [0.2, 0.25) is 0 Å². The van der Waals surface area contributed by atoms with E-state index in [2.05, 4.69) is 4.90 Å². The lowest BCUT2D eigenvalue weighted by Gasteiger charge is -2.29. The molecule has 88 valence electrons. The first kappa shape index (κ1) is 11.6. The fourth-order valence-electron chi connectivity index (χ4n) is 2.01. The van der Waals surface area contributed by atoms with Crippen LogP contribution >= 0.6 is 0 Å². The summed E-state index contributed by atoms with van der Waals surface area (Å²) in [5, 5.41) is -0.355. The van der Waals surface area contributed by atoms with Crippen molar-refractivity contribution in [3.8, 4) is 0 Å². The van der Waals surface area contributed by atoms with Gasteiger partial charge in [0.1, 0.15) is 0 Å². The molecule has 1 aliphatic heterocycles. The van der Waals surface area contributed by atoms with Crippen molar-refractivity contribution < 1.29 is 8.42 Å². The molecule has 0 radical (unpaired) electrons. The van der Waals surface area contributed by atoms with E-state index in [1.165, 1.54) is 0 Å². The fourth-order valence-corrected chi connectivity index (χ4v) is 3.91. The van der Waals surface area contributed by atoms with Gasteiger partial charge in [-0.1, -0.05) is 29.8 Å². The molecule has 1 heterocycles. The fraction of sp³-hybridized carbons (Fsp3) is 0.500. The number of sulfone groups is 1. The van der Waals surface area contributed by atoms with Gasteiger partial charge in [-0.15, -0.1) is 0 Å². The van der Waals surface area contributed by atoms with Crippen LogP contribution in [-0.4, -0.2) is 39.2 Å². The van der Waals surface area contributed by atoms with Crippen molar-refractivity contribution in [3.63, 3.8) is 0 Å². The standard InChI is InChI=1S/C12H17NO2S/c1-10-3-5-11(6-4-10)12-9-13(2)7-8-16(12,14)15/h3-6,12H,7-9H2,1-2H3. The Balaban J connectivity index is 2.34. The first-order valence-electron chi connectivity index (χ1n) is 5.46. The molecule has 0 N–H and O–H groups in total. The first-order chi connectivity index (χ1) is 7.49. The zero-order valence-electron chi connectivity index (χ0n) is 9.68. The molecule has 1 fully saturated rings. The SMILES string of the molecule is Cc1ccc(C2CN(C)CCS2(=O)=O)cc1. The average molecular weight is 239 g/mol. The van der Waals surface area contributed by atoms with Gasteiger partial charge in [-0.05, 0) is 19.5 Å². The topological polar surface area (TPSA) is 37.4 Å². The highest BCUT2D eigenvalue weighted by Gasteiger charge is 2.32. The van der Waals surface area contributed by atoms with Crippen molar-refractivity contribution >= 4 is 9.84 Å². The quantitative estimate of drug-likeness (QED) is 0.743. The Hall–Kier alpha value is -0.870. The summed E-state index contributed by atoms with van der Waals surface area (Å²) in [7, 11) is -0.996. The summed E-state index contributed by atoms with van der Waals surface area (Å²) >= 11 is 0. The second kappa shape index (κ2) is 4.18. The van der Waals surface area contributed by atoms with Gasteiger partial charge in [-0.3, -0.25) is 0 Å². The van der Waals surface area contributed by atoms with Gasteiger partial charge in [-0.2, -0.15) is 0 Å². The Morgan fingerprint density at radius 3 is 2.50 bits per heavy atom. The second-order valence-electron chi connectivity index (χ2n) is 4.53. The molecule has 0 amide bonds. The molecule has 3 nitrogen and oxygen atoms in total. The average Bonchev–Trinajstić information content (AvgIpc) is 2.23. The summed E-state index contributed by atoms with van der Waals surface area (Å²) in [4.78, 5) is 2.07. The number of aryl methyl sites for hydroxylation is 1. The van der Waals surface area contributed by atoms with Crippen LogP contribution in [0.25, 0.3) is 0 Å². The van der Waals surface area contributed by atoms with Crippen molar-refractivity contribution in [2.75, 3.05) is 25.9 Å². The maximum Gasteiger partial charge on any atom is 0.159 e. The number of benzene rings is 1. The van der Waals surface area contributed by atoms with Crippen LogP contribution in [0.3, 0.4) is 0 Å². The van der Waals surface area contributed by atoms with Crippen LogP contribution in [0, 0.1) is 6.92 Å². The van der Waals surface area contributed by atoms with E-state index in [9.17, 15) is 8.42 Å². The minimum atomic E-state index is -2.96. The number of hydrogen-bond acceptors (Lipinski definition) is 3. The highest BCUT2D eigenvalue weighted by molar-refractivity contribution is 7.91. The largest absolute Gasteiger partial charge is 0.304 e. The van der Waals surface area contributed by atoms with Gasteiger partial charge < -0.3 is 4.90 Å².